The molecule has 7 heteroatoms. The molecule has 1 aliphatic rings. The Bertz CT molecular complexity index is 1190. The number of aromatic nitrogens is 2. The number of methoxy groups -OCH3 is 1. The van der Waals surface area contributed by atoms with E-state index in [-0.39, 0.29) is 17.5 Å². The molecule has 0 spiro atoms. The molecule has 0 atom stereocenters. The predicted molar refractivity (Wildman–Crippen MR) is 128 cm³/mol. The number of fused-ring (bicyclic) bond motifs is 1. The van der Waals surface area contributed by atoms with E-state index < -0.39 is 0 Å². The first kappa shape index (κ1) is 23.1. The van der Waals surface area contributed by atoms with Crippen molar-refractivity contribution < 1.29 is 14.3 Å². The third-order valence-corrected chi connectivity index (χ3v) is 6.54. The molecular weight excluding hydrogens is 418 g/mol. The van der Waals surface area contributed by atoms with Crippen LogP contribution in [0.4, 0.5) is 0 Å². The summed E-state index contributed by atoms with van der Waals surface area (Å²) in [4.78, 5) is 30.2. The summed E-state index contributed by atoms with van der Waals surface area (Å²) in [5, 5.41) is 3.49. The average Bonchev–Trinajstić information content (AvgIpc) is 2.84. The van der Waals surface area contributed by atoms with Gasteiger partial charge in [-0.05, 0) is 73.6 Å². The Balaban J connectivity index is 1.61. The van der Waals surface area contributed by atoms with Crippen LogP contribution in [0.2, 0.25) is 0 Å². The van der Waals surface area contributed by atoms with E-state index in [1.54, 1.807) is 18.0 Å². The molecule has 0 aliphatic carbocycles. The zero-order chi connectivity index (χ0) is 23.4. The molecule has 174 valence electrons. The van der Waals surface area contributed by atoms with Crippen molar-refractivity contribution in [3.05, 3.63) is 74.8 Å². The summed E-state index contributed by atoms with van der Waals surface area (Å²) in [6.07, 6.45) is 4.04. The number of carbonyl (C=O) groups is 1. The molecule has 1 saturated heterocycles. The largest absolute Gasteiger partial charge is 0.383 e. The Hall–Kier alpha value is -3.03. The van der Waals surface area contributed by atoms with Gasteiger partial charge in [0, 0.05) is 38.5 Å². The molecule has 0 unspecified atom stereocenters. The van der Waals surface area contributed by atoms with Crippen LogP contribution in [-0.2, 0) is 15.9 Å². The standard InChI is InChI=1S/C26H31N3O4/c1-17-18(2)24-23(26(31)29(16-28-24)22-8-11-33-12-9-22)15-21(17)14-19-4-6-20(7-5-19)25(30)27-10-13-32-3/h4-7,15-16,22H,8-14H2,1-3H3,(H,27,30). The monoisotopic (exact) mass is 449 g/mol. The van der Waals surface area contributed by atoms with Gasteiger partial charge in [0.15, 0.2) is 0 Å². The van der Waals surface area contributed by atoms with Crippen LogP contribution in [-0.4, -0.2) is 48.9 Å². The summed E-state index contributed by atoms with van der Waals surface area (Å²) in [5.74, 6) is -0.115. The highest BCUT2D eigenvalue weighted by molar-refractivity contribution is 5.94. The highest BCUT2D eigenvalue weighted by Crippen LogP contribution is 2.25. The molecule has 7 nitrogen and oxygen atoms in total. The van der Waals surface area contributed by atoms with Crippen molar-refractivity contribution >= 4 is 16.8 Å². The number of hydrogen-bond acceptors (Lipinski definition) is 5. The maximum atomic E-state index is 13.4. The van der Waals surface area contributed by atoms with E-state index in [2.05, 4.69) is 17.2 Å². The van der Waals surface area contributed by atoms with E-state index in [9.17, 15) is 9.59 Å². The van der Waals surface area contributed by atoms with Gasteiger partial charge in [0.05, 0.1) is 23.8 Å². The fourth-order valence-electron chi connectivity index (χ4n) is 4.38. The van der Waals surface area contributed by atoms with Crippen LogP contribution in [0.1, 0.15) is 51.5 Å². The first-order valence-corrected chi connectivity index (χ1v) is 11.4. The Morgan fingerprint density at radius 2 is 1.91 bits per heavy atom. The molecule has 1 amide bonds. The van der Waals surface area contributed by atoms with E-state index in [1.165, 1.54) is 0 Å². The number of hydrogen-bond donors (Lipinski definition) is 1. The number of benzene rings is 2. The zero-order valence-corrected chi connectivity index (χ0v) is 19.5. The summed E-state index contributed by atoms with van der Waals surface area (Å²) in [6, 6.07) is 9.73. The minimum atomic E-state index is -0.115. The summed E-state index contributed by atoms with van der Waals surface area (Å²) in [6.45, 7) is 6.41. The first-order valence-electron chi connectivity index (χ1n) is 11.4. The lowest BCUT2D eigenvalue weighted by atomic mass is 9.94. The fraction of sp³-hybridized carbons (Fsp3) is 0.423. The maximum absolute atomic E-state index is 13.4. The van der Waals surface area contributed by atoms with Crippen molar-refractivity contribution in [2.75, 3.05) is 33.5 Å². The molecule has 33 heavy (non-hydrogen) atoms. The second kappa shape index (κ2) is 10.3. The van der Waals surface area contributed by atoms with Gasteiger partial charge in [-0.15, -0.1) is 0 Å². The Labute approximate surface area is 193 Å². The van der Waals surface area contributed by atoms with E-state index >= 15 is 0 Å². The number of nitrogens with zero attached hydrogens (tertiary/aromatic N) is 2. The lowest BCUT2D eigenvalue weighted by molar-refractivity contribution is 0.0685. The van der Waals surface area contributed by atoms with Crippen molar-refractivity contribution in [3.8, 4) is 0 Å². The molecule has 1 aliphatic heterocycles. The predicted octanol–water partition coefficient (Wildman–Crippen LogP) is 3.33. The van der Waals surface area contributed by atoms with Crippen molar-refractivity contribution in [1.82, 2.24) is 14.9 Å². The molecule has 1 N–H and O–H groups in total. The molecule has 1 aromatic heterocycles. The van der Waals surface area contributed by atoms with Crippen LogP contribution in [0.15, 0.2) is 41.5 Å². The van der Waals surface area contributed by atoms with Gasteiger partial charge in [0.2, 0.25) is 0 Å². The highest BCUT2D eigenvalue weighted by Gasteiger charge is 2.19. The highest BCUT2D eigenvalue weighted by atomic mass is 16.5. The van der Waals surface area contributed by atoms with Gasteiger partial charge in [-0.1, -0.05) is 12.1 Å². The minimum absolute atomic E-state index is 0.0133. The zero-order valence-electron chi connectivity index (χ0n) is 19.5. The van der Waals surface area contributed by atoms with Crippen molar-refractivity contribution in [2.24, 2.45) is 0 Å². The lowest BCUT2D eigenvalue weighted by Gasteiger charge is -2.24. The maximum Gasteiger partial charge on any atom is 0.261 e. The molecule has 0 radical (unpaired) electrons. The molecule has 3 aromatic rings. The number of carbonyl (C=O) groups excluding carboxylic acids is 1. The fourth-order valence-corrected chi connectivity index (χ4v) is 4.38. The van der Waals surface area contributed by atoms with Gasteiger partial charge in [0.25, 0.3) is 11.5 Å². The van der Waals surface area contributed by atoms with Gasteiger partial charge >= 0.3 is 0 Å². The van der Waals surface area contributed by atoms with Crippen LogP contribution in [0.5, 0.6) is 0 Å². The minimum Gasteiger partial charge on any atom is -0.383 e. The summed E-state index contributed by atoms with van der Waals surface area (Å²) in [7, 11) is 1.60. The van der Waals surface area contributed by atoms with E-state index in [4.69, 9.17) is 9.47 Å². The molecule has 4 rings (SSSR count). The lowest BCUT2D eigenvalue weighted by Crippen LogP contribution is -2.29. The molecule has 2 heterocycles. The summed E-state index contributed by atoms with van der Waals surface area (Å²) in [5.41, 5.74) is 5.75. The van der Waals surface area contributed by atoms with Crippen molar-refractivity contribution in [3.63, 3.8) is 0 Å². The van der Waals surface area contributed by atoms with Gasteiger partial charge in [0.1, 0.15) is 0 Å². The third kappa shape index (κ3) is 4.99. The third-order valence-electron chi connectivity index (χ3n) is 6.54. The molecule has 1 fully saturated rings. The van der Waals surface area contributed by atoms with Crippen LogP contribution in [0.25, 0.3) is 10.9 Å². The Kier molecular flexibility index (Phi) is 7.20. The van der Waals surface area contributed by atoms with Crippen LogP contribution in [0.3, 0.4) is 0 Å². The summed E-state index contributed by atoms with van der Waals surface area (Å²) >= 11 is 0. The smallest absolute Gasteiger partial charge is 0.261 e. The topological polar surface area (TPSA) is 82.5 Å². The second-order valence-electron chi connectivity index (χ2n) is 8.60. The van der Waals surface area contributed by atoms with Crippen LogP contribution in [0, 0.1) is 13.8 Å². The van der Waals surface area contributed by atoms with Crippen molar-refractivity contribution in [2.45, 2.75) is 39.2 Å². The number of rotatable bonds is 7. The van der Waals surface area contributed by atoms with Gasteiger partial charge < -0.3 is 14.8 Å². The van der Waals surface area contributed by atoms with E-state index in [1.807, 2.05) is 37.3 Å². The molecule has 0 bridgehead atoms. The van der Waals surface area contributed by atoms with Crippen LogP contribution < -0.4 is 10.9 Å². The van der Waals surface area contributed by atoms with E-state index in [0.717, 1.165) is 40.6 Å². The molecule has 2 aromatic carbocycles. The van der Waals surface area contributed by atoms with Crippen molar-refractivity contribution in [1.29, 1.82) is 0 Å². The molecular formula is C26H31N3O4. The number of ether oxygens (including phenoxy) is 2. The van der Waals surface area contributed by atoms with Gasteiger partial charge in [-0.3, -0.25) is 14.2 Å². The summed E-state index contributed by atoms with van der Waals surface area (Å²) < 4.78 is 12.2. The van der Waals surface area contributed by atoms with Gasteiger partial charge in [-0.2, -0.15) is 0 Å². The first-order chi connectivity index (χ1) is 16.0. The van der Waals surface area contributed by atoms with Crippen LogP contribution >= 0.6 is 0 Å². The normalized spacial score (nSPS) is 14.5. The quantitative estimate of drug-likeness (QED) is 0.560. The number of nitrogens with one attached hydrogen (secondary N) is 1. The van der Waals surface area contributed by atoms with E-state index in [0.29, 0.717) is 43.7 Å². The SMILES string of the molecule is COCCNC(=O)c1ccc(Cc2cc3c(=O)n(C4CCOCC4)cnc3c(C)c2C)cc1. The average molecular weight is 450 g/mol. The van der Waals surface area contributed by atoms with Gasteiger partial charge in [-0.25, -0.2) is 4.98 Å². The second-order valence-corrected chi connectivity index (χ2v) is 8.60. The molecule has 0 saturated carbocycles. The Morgan fingerprint density at radius 3 is 2.61 bits per heavy atom. The Morgan fingerprint density at radius 1 is 1.18 bits per heavy atom. The number of amides is 1. The number of aryl methyl sites for hydroxylation is 1.